The first kappa shape index (κ1) is 21.7. The summed E-state index contributed by atoms with van der Waals surface area (Å²) in [5.41, 5.74) is 3.57. The zero-order chi connectivity index (χ0) is 21.9. The van der Waals surface area contributed by atoms with Crippen molar-refractivity contribution in [3.05, 3.63) is 58.4 Å². The van der Waals surface area contributed by atoms with Crippen molar-refractivity contribution in [2.45, 2.75) is 56.5 Å². The molecule has 2 atom stereocenters. The highest BCUT2D eigenvalue weighted by molar-refractivity contribution is 7.99. The number of hydrogen-bond acceptors (Lipinski definition) is 5. The summed E-state index contributed by atoms with van der Waals surface area (Å²) >= 11 is 3.37. The van der Waals surface area contributed by atoms with Crippen LogP contribution in [0.1, 0.15) is 42.7 Å². The number of carbonyl (C=O) groups excluding carboxylic acids is 1. The van der Waals surface area contributed by atoms with Crippen LogP contribution < -0.4 is 0 Å². The molecular weight excluding hydrogens is 438 g/mol. The normalized spacial score (nSPS) is 20.5. The maximum Gasteiger partial charge on any atom is 0.233 e. The van der Waals surface area contributed by atoms with Crippen LogP contribution in [0.3, 0.4) is 0 Å². The predicted octanol–water partition coefficient (Wildman–Crippen LogP) is 5.42. The fraction of sp³-hybridized carbons (Fsp3) is 0.440. The standard InChI is InChI=1S/C25H29N3O2S2/c1-2-21-20-11-14-31-23(20)10-12-27(21)24(29)17-32-25-26-15-22(18-7-4-3-5-8-18)28(25)16-19-9-6-13-30-19/h3-5,7-8,11,14-15,19,21H,2,6,9-10,12-13,16-17H2,1H3. The Morgan fingerprint density at radius 1 is 1.28 bits per heavy atom. The van der Waals surface area contributed by atoms with E-state index >= 15 is 0 Å². The molecule has 4 heterocycles. The zero-order valence-electron chi connectivity index (χ0n) is 18.4. The lowest BCUT2D eigenvalue weighted by Gasteiger charge is -2.35. The minimum Gasteiger partial charge on any atom is -0.376 e. The molecule has 0 bridgehead atoms. The van der Waals surface area contributed by atoms with Gasteiger partial charge in [-0.3, -0.25) is 4.79 Å². The molecule has 1 fully saturated rings. The molecule has 1 amide bonds. The summed E-state index contributed by atoms with van der Waals surface area (Å²) < 4.78 is 8.16. The Labute approximate surface area is 197 Å². The van der Waals surface area contributed by atoms with Crippen molar-refractivity contribution < 1.29 is 9.53 Å². The zero-order valence-corrected chi connectivity index (χ0v) is 20.0. The summed E-state index contributed by atoms with van der Waals surface area (Å²) in [6, 6.07) is 12.7. The van der Waals surface area contributed by atoms with Gasteiger partial charge in [-0.15, -0.1) is 11.3 Å². The van der Waals surface area contributed by atoms with E-state index in [4.69, 9.17) is 9.72 Å². The van der Waals surface area contributed by atoms with Gasteiger partial charge < -0.3 is 14.2 Å². The summed E-state index contributed by atoms with van der Waals surface area (Å²) in [5.74, 6) is 0.610. The minimum atomic E-state index is 0.199. The Balaban J connectivity index is 1.33. The SMILES string of the molecule is CCC1c2ccsc2CCN1C(=O)CSc1ncc(-c2ccccc2)n1CC1CCCO1. The van der Waals surface area contributed by atoms with Gasteiger partial charge in [0.2, 0.25) is 5.91 Å². The van der Waals surface area contributed by atoms with Crippen molar-refractivity contribution >= 4 is 29.0 Å². The molecule has 1 saturated heterocycles. The van der Waals surface area contributed by atoms with Crippen LogP contribution in [0, 0.1) is 0 Å². The van der Waals surface area contributed by atoms with E-state index in [0.29, 0.717) is 5.75 Å². The molecule has 2 aliphatic heterocycles. The second kappa shape index (κ2) is 9.81. The summed E-state index contributed by atoms with van der Waals surface area (Å²) in [6.45, 7) is 4.59. The molecule has 168 valence electrons. The topological polar surface area (TPSA) is 47.4 Å². The van der Waals surface area contributed by atoms with Gasteiger partial charge in [-0.05, 0) is 48.3 Å². The first-order valence-electron chi connectivity index (χ1n) is 11.5. The Kier molecular flexibility index (Phi) is 6.67. The number of imidazole rings is 1. The lowest BCUT2D eigenvalue weighted by molar-refractivity contribution is -0.131. The summed E-state index contributed by atoms with van der Waals surface area (Å²) in [7, 11) is 0. The Morgan fingerprint density at radius 3 is 2.94 bits per heavy atom. The predicted molar refractivity (Wildman–Crippen MR) is 130 cm³/mol. The summed E-state index contributed by atoms with van der Waals surface area (Å²) in [5, 5.41) is 3.05. The number of amides is 1. The van der Waals surface area contributed by atoms with Crippen molar-refractivity contribution in [2.75, 3.05) is 18.9 Å². The number of ether oxygens (including phenoxy) is 1. The average molecular weight is 468 g/mol. The molecule has 3 aromatic rings. The van der Waals surface area contributed by atoms with E-state index in [1.54, 1.807) is 11.8 Å². The number of carbonyl (C=O) groups is 1. The number of aromatic nitrogens is 2. The highest BCUT2D eigenvalue weighted by atomic mass is 32.2. The molecule has 0 spiro atoms. The van der Waals surface area contributed by atoms with Crippen molar-refractivity contribution in [3.63, 3.8) is 0 Å². The number of hydrogen-bond donors (Lipinski definition) is 0. The van der Waals surface area contributed by atoms with Gasteiger partial charge in [-0.2, -0.15) is 0 Å². The van der Waals surface area contributed by atoms with Crippen LogP contribution in [0.5, 0.6) is 0 Å². The molecule has 0 aliphatic carbocycles. The van der Waals surface area contributed by atoms with Crippen LogP contribution in [-0.2, 0) is 22.5 Å². The third-order valence-corrected chi connectivity index (χ3v) is 8.40. The first-order chi connectivity index (χ1) is 15.7. The monoisotopic (exact) mass is 467 g/mol. The van der Waals surface area contributed by atoms with E-state index in [1.807, 2.05) is 23.6 Å². The van der Waals surface area contributed by atoms with Gasteiger partial charge in [-0.25, -0.2) is 4.98 Å². The van der Waals surface area contributed by atoms with Crippen molar-refractivity contribution in [3.8, 4) is 11.3 Å². The maximum atomic E-state index is 13.3. The van der Waals surface area contributed by atoms with Gasteiger partial charge in [0.15, 0.2) is 5.16 Å². The highest BCUT2D eigenvalue weighted by Gasteiger charge is 2.30. The van der Waals surface area contributed by atoms with Gasteiger partial charge in [-0.1, -0.05) is 49.0 Å². The molecule has 0 radical (unpaired) electrons. The molecule has 2 unspecified atom stereocenters. The summed E-state index contributed by atoms with van der Waals surface area (Å²) in [4.78, 5) is 21.5. The Morgan fingerprint density at radius 2 is 2.16 bits per heavy atom. The maximum absolute atomic E-state index is 13.3. The number of nitrogens with zero attached hydrogens (tertiary/aromatic N) is 3. The second-order valence-corrected chi connectivity index (χ2v) is 10.3. The fourth-order valence-corrected chi connectivity index (χ4v) is 6.63. The smallest absolute Gasteiger partial charge is 0.233 e. The fourth-order valence-electron chi connectivity index (χ4n) is 4.83. The van der Waals surface area contributed by atoms with Crippen LogP contribution >= 0.6 is 23.1 Å². The number of rotatable bonds is 7. The number of thiophene rings is 1. The van der Waals surface area contributed by atoms with E-state index in [-0.39, 0.29) is 18.1 Å². The quantitative estimate of drug-likeness (QED) is 0.436. The van der Waals surface area contributed by atoms with Crippen LogP contribution in [0.15, 0.2) is 53.1 Å². The molecule has 7 heteroatoms. The van der Waals surface area contributed by atoms with E-state index < -0.39 is 0 Å². The van der Waals surface area contributed by atoms with Crippen molar-refractivity contribution in [2.24, 2.45) is 0 Å². The van der Waals surface area contributed by atoms with Crippen molar-refractivity contribution in [1.29, 1.82) is 0 Å². The largest absolute Gasteiger partial charge is 0.376 e. The van der Waals surface area contributed by atoms with Gasteiger partial charge in [0.1, 0.15) is 0 Å². The van der Waals surface area contributed by atoms with Gasteiger partial charge in [0.25, 0.3) is 0 Å². The molecule has 2 aromatic heterocycles. The van der Waals surface area contributed by atoms with Gasteiger partial charge in [0, 0.05) is 18.0 Å². The lowest BCUT2D eigenvalue weighted by atomic mass is 9.98. The molecule has 0 saturated carbocycles. The molecular formula is C25H29N3O2S2. The van der Waals surface area contributed by atoms with Crippen molar-refractivity contribution in [1.82, 2.24) is 14.5 Å². The van der Waals surface area contributed by atoms with E-state index in [9.17, 15) is 4.79 Å². The molecule has 0 N–H and O–H groups in total. The molecule has 5 rings (SSSR count). The van der Waals surface area contributed by atoms with E-state index in [2.05, 4.69) is 52.1 Å². The van der Waals surface area contributed by atoms with Gasteiger partial charge in [0.05, 0.1) is 36.3 Å². The summed E-state index contributed by atoms with van der Waals surface area (Å²) in [6.07, 6.45) is 6.25. The highest BCUT2D eigenvalue weighted by Crippen LogP contribution is 2.36. The Bertz CT molecular complexity index is 1060. The number of fused-ring (bicyclic) bond motifs is 1. The molecule has 1 aromatic carbocycles. The average Bonchev–Trinajstić information content (AvgIpc) is 3.59. The lowest BCUT2D eigenvalue weighted by Crippen LogP contribution is -2.40. The second-order valence-electron chi connectivity index (χ2n) is 8.39. The van der Waals surface area contributed by atoms with Crippen LogP contribution in [0.2, 0.25) is 0 Å². The Hall–Kier alpha value is -2.09. The van der Waals surface area contributed by atoms with Crippen LogP contribution in [0.25, 0.3) is 11.3 Å². The van der Waals surface area contributed by atoms with E-state index in [1.165, 1.54) is 10.4 Å². The van der Waals surface area contributed by atoms with Gasteiger partial charge >= 0.3 is 0 Å². The van der Waals surface area contributed by atoms with E-state index in [0.717, 1.165) is 61.8 Å². The molecule has 5 nitrogen and oxygen atoms in total. The third-order valence-electron chi connectivity index (χ3n) is 6.43. The third kappa shape index (κ3) is 4.38. The number of thioether (sulfide) groups is 1. The number of benzene rings is 1. The molecule has 32 heavy (non-hydrogen) atoms. The van der Waals surface area contributed by atoms with Crippen LogP contribution in [0.4, 0.5) is 0 Å². The first-order valence-corrected chi connectivity index (χ1v) is 13.3. The minimum absolute atomic E-state index is 0.199. The molecule has 2 aliphatic rings. The van der Waals surface area contributed by atoms with Crippen LogP contribution in [-0.4, -0.2) is 45.4 Å².